The van der Waals surface area contributed by atoms with E-state index in [-0.39, 0.29) is 0 Å². The van der Waals surface area contributed by atoms with Crippen molar-refractivity contribution in [1.82, 2.24) is 0 Å². The fourth-order valence-electron chi connectivity index (χ4n) is 8.43. The standard InChI is InChI=1S/C60H40N2/c61-41-52-32-19-33-54(56(52)42-62)55-40-51(60(49-30-17-6-18-31-49)58(46-24-11-3-12-25-46)47-26-13-4-14-27-47)38-39-53(55)43-34-36-50(37-35-43)59(48-28-15-5-16-29-48)57(44-20-7-1-8-21-44)45-22-9-2-10-23-45/h1-40H. The number of rotatable bonds is 10. The molecule has 0 saturated heterocycles. The van der Waals surface area contributed by atoms with E-state index >= 15 is 0 Å². The molecular weight excluding hydrogens is 749 g/mol. The Morgan fingerprint density at radius 3 is 0.952 bits per heavy atom. The quantitative estimate of drug-likeness (QED) is 0.130. The van der Waals surface area contributed by atoms with E-state index in [1.165, 1.54) is 0 Å². The number of benzene rings is 9. The zero-order valence-corrected chi connectivity index (χ0v) is 34.0. The van der Waals surface area contributed by atoms with Gasteiger partial charge in [-0.15, -0.1) is 0 Å². The summed E-state index contributed by atoms with van der Waals surface area (Å²) >= 11 is 0. The summed E-state index contributed by atoms with van der Waals surface area (Å²) in [6.45, 7) is 0. The fourth-order valence-corrected chi connectivity index (χ4v) is 8.43. The summed E-state index contributed by atoms with van der Waals surface area (Å²) in [6.07, 6.45) is 0. The molecule has 9 aromatic carbocycles. The van der Waals surface area contributed by atoms with Crippen molar-refractivity contribution in [2.24, 2.45) is 0 Å². The van der Waals surface area contributed by atoms with E-state index in [4.69, 9.17) is 0 Å². The first kappa shape index (κ1) is 38.9. The van der Waals surface area contributed by atoms with Crippen molar-refractivity contribution in [2.75, 3.05) is 0 Å². The van der Waals surface area contributed by atoms with Crippen LogP contribution in [0.25, 0.3) is 44.5 Å². The van der Waals surface area contributed by atoms with Crippen LogP contribution in [0.15, 0.2) is 243 Å². The summed E-state index contributed by atoms with van der Waals surface area (Å²) in [6, 6.07) is 88.8. The molecule has 0 unspecified atom stereocenters. The van der Waals surface area contributed by atoms with E-state index in [1.807, 2.05) is 30.3 Å². The summed E-state index contributed by atoms with van der Waals surface area (Å²) in [5.74, 6) is 0. The molecule has 2 heteroatoms. The topological polar surface area (TPSA) is 47.6 Å². The monoisotopic (exact) mass is 788 g/mol. The molecule has 0 heterocycles. The van der Waals surface area contributed by atoms with E-state index in [9.17, 15) is 10.5 Å². The summed E-state index contributed by atoms with van der Waals surface area (Å²) < 4.78 is 0. The van der Waals surface area contributed by atoms with Gasteiger partial charge in [-0.05, 0) is 95.6 Å². The van der Waals surface area contributed by atoms with Crippen LogP contribution in [-0.4, -0.2) is 0 Å². The van der Waals surface area contributed by atoms with Crippen molar-refractivity contribution < 1.29 is 0 Å². The average Bonchev–Trinajstić information content (AvgIpc) is 3.36. The van der Waals surface area contributed by atoms with Gasteiger partial charge in [-0.3, -0.25) is 0 Å². The predicted octanol–water partition coefficient (Wildman–Crippen LogP) is 14.8. The Morgan fingerprint density at radius 1 is 0.258 bits per heavy atom. The van der Waals surface area contributed by atoms with Gasteiger partial charge in [0.2, 0.25) is 0 Å². The normalized spacial score (nSPS) is 10.5. The summed E-state index contributed by atoms with van der Waals surface area (Å²) in [7, 11) is 0. The maximum absolute atomic E-state index is 10.6. The molecule has 0 aliphatic heterocycles. The van der Waals surface area contributed by atoms with Gasteiger partial charge >= 0.3 is 0 Å². The zero-order chi connectivity index (χ0) is 42.1. The molecule has 0 amide bonds. The van der Waals surface area contributed by atoms with Crippen LogP contribution in [0.1, 0.15) is 55.6 Å². The third-order valence-corrected chi connectivity index (χ3v) is 11.3. The summed E-state index contributed by atoms with van der Waals surface area (Å²) in [5, 5.41) is 20.8. The highest BCUT2D eigenvalue weighted by atomic mass is 14.3. The minimum Gasteiger partial charge on any atom is -0.192 e. The molecule has 0 bridgehead atoms. The van der Waals surface area contributed by atoms with Gasteiger partial charge in [-0.2, -0.15) is 10.5 Å². The third-order valence-electron chi connectivity index (χ3n) is 11.3. The minimum atomic E-state index is 0.344. The van der Waals surface area contributed by atoms with E-state index < -0.39 is 0 Å². The Balaban J connectivity index is 1.29. The Labute approximate surface area is 363 Å². The molecule has 0 N–H and O–H groups in total. The van der Waals surface area contributed by atoms with Crippen LogP contribution < -0.4 is 0 Å². The molecule has 9 aromatic rings. The second-order valence-corrected chi connectivity index (χ2v) is 15.0. The number of hydrogen-bond acceptors (Lipinski definition) is 2. The Bertz CT molecular complexity index is 3040. The molecule has 2 nitrogen and oxygen atoms in total. The van der Waals surface area contributed by atoms with Gasteiger partial charge in [-0.25, -0.2) is 0 Å². The lowest BCUT2D eigenvalue weighted by Crippen LogP contribution is -2.00. The Morgan fingerprint density at radius 2 is 0.597 bits per heavy atom. The van der Waals surface area contributed by atoms with Crippen LogP contribution in [0.4, 0.5) is 0 Å². The van der Waals surface area contributed by atoms with Crippen molar-refractivity contribution in [1.29, 1.82) is 10.5 Å². The molecule has 0 atom stereocenters. The lowest BCUT2D eigenvalue weighted by Gasteiger charge is -2.21. The second-order valence-electron chi connectivity index (χ2n) is 15.0. The highest BCUT2D eigenvalue weighted by Crippen LogP contribution is 2.43. The van der Waals surface area contributed by atoms with Crippen molar-refractivity contribution in [3.63, 3.8) is 0 Å². The molecule has 0 aliphatic rings. The highest BCUT2D eigenvalue weighted by Gasteiger charge is 2.21. The number of nitriles is 2. The van der Waals surface area contributed by atoms with Crippen molar-refractivity contribution in [2.45, 2.75) is 0 Å². The average molecular weight is 789 g/mol. The van der Waals surface area contributed by atoms with Gasteiger partial charge in [-0.1, -0.05) is 231 Å². The molecule has 290 valence electrons. The van der Waals surface area contributed by atoms with E-state index in [1.54, 1.807) is 6.07 Å². The number of nitrogens with zero attached hydrogens (tertiary/aromatic N) is 2. The summed E-state index contributed by atoms with van der Waals surface area (Å²) in [4.78, 5) is 0. The van der Waals surface area contributed by atoms with Crippen LogP contribution in [0, 0.1) is 22.7 Å². The maximum atomic E-state index is 10.6. The SMILES string of the molecule is N#Cc1cccc(-c2cc(C(=C(c3ccccc3)c3ccccc3)c3ccccc3)ccc2-c2ccc(C(=C(c3ccccc3)c3ccccc3)c3ccccc3)cc2)c1C#N. The maximum Gasteiger partial charge on any atom is 0.101 e. The first-order valence-corrected chi connectivity index (χ1v) is 20.7. The fraction of sp³-hybridized carbons (Fsp3) is 0. The van der Waals surface area contributed by atoms with Gasteiger partial charge < -0.3 is 0 Å². The zero-order valence-electron chi connectivity index (χ0n) is 34.0. The van der Waals surface area contributed by atoms with Crippen LogP contribution in [-0.2, 0) is 0 Å². The lowest BCUT2D eigenvalue weighted by molar-refractivity contribution is 1.42. The first-order chi connectivity index (χ1) is 30.7. The Hall–Kier alpha value is -8.56. The van der Waals surface area contributed by atoms with Gasteiger partial charge in [0.05, 0.1) is 11.1 Å². The summed E-state index contributed by atoms with van der Waals surface area (Å²) in [5.41, 5.74) is 17.4. The molecule has 0 aliphatic carbocycles. The molecule has 0 fully saturated rings. The molecule has 0 saturated carbocycles. The van der Waals surface area contributed by atoms with Gasteiger partial charge in [0.15, 0.2) is 0 Å². The lowest BCUT2D eigenvalue weighted by atomic mass is 9.82. The van der Waals surface area contributed by atoms with Crippen LogP contribution >= 0.6 is 0 Å². The van der Waals surface area contributed by atoms with E-state index in [0.717, 1.165) is 83.5 Å². The molecule has 9 rings (SSSR count). The molecule has 0 aromatic heterocycles. The highest BCUT2D eigenvalue weighted by molar-refractivity contribution is 6.07. The smallest absolute Gasteiger partial charge is 0.101 e. The van der Waals surface area contributed by atoms with Crippen molar-refractivity contribution >= 4 is 22.3 Å². The van der Waals surface area contributed by atoms with Gasteiger partial charge in [0.25, 0.3) is 0 Å². The van der Waals surface area contributed by atoms with Crippen molar-refractivity contribution in [3.05, 3.63) is 298 Å². The second kappa shape index (κ2) is 18.1. The van der Waals surface area contributed by atoms with E-state index in [2.05, 4.69) is 218 Å². The number of hydrogen-bond donors (Lipinski definition) is 0. The molecule has 0 spiro atoms. The van der Waals surface area contributed by atoms with Crippen molar-refractivity contribution in [3.8, 4) is 34.4 Å². The molecule has 62 heavy (non-hydrogen) atoms. The van der Waals surface area contributed by atoms with Crippen LogP contribution in [0.3, 0.4) is 0 Å². The van der Waals surface area contributed by atoms with Gasteiger partial charge in [0.1, 0.15) is 12.1 Å². The van der Waals surface area contributed by atoms with Crippen LogP contribution in [0.2, 0.25) is 0 Å². The molecule has 0 radical (unpaired) electrons. The predicted molar refractivity (Wildman–Crippen MR) is 255 cm³/mol. The van der Waals surface area contributed by atoms with Crippen LogP contribution in [0.5, 0.6) is 0 Å². The largest absolute Gasteiger partial charge is 0.192 e. The minimum absolute atomic E-state index is 0.344. The Kier molecular flexibility index (Phi) is 11.4. The first-order valence-electron chi connectivity index (χ1n) is 20.7. The molecular formula is C60H40N2. The van der Waals surface area contributed by atoms with E-state index in [0.29, 0.717) is 16.7 Å². The third kappa shape index (κ3) is 7.93. The van der Waals surface area contributed by atoms with Gasteiger partial charge in [0, 0.05) is 5.56 Å².